The highest BCUT2D eigenvalue weighted by molar-refractivity contribution is 9.10. The highest BCUT2D eigenvalue weighted by atomic mass is 79.9. The first kappa shape index (κ1) is 13.7. The molecule has 0 saturated heterocycles. The number of hydrogen-bond donors (Lipinski definition) is 2. The van der Waals surface area contributed by atoms with Crippen LogP contribution in [0.25, 0.3) is 0 Å². The van der Waals surface area contributed by atoms with Crippen LogP contribution >= 0.6 is 15.9 Å². The van der Waals surface area contributed by atoms with Gasteiger partial charge in [-0.3, -0.25) is 14.9 Å². The molecule has 1 aliphatic carbocycles. The summed E-state index contributed by atoms with van der Waals surface area (Å²) in [5.74, 6) is 0.504. The Labute approximate surface area is 118 Å². The molecule has 8 heteroatoms. The molecule has 0 bridgehead atoms. The standard InChI is InChI=1S/C11H13BrN4O3/c12-8-3-9(16(18)19)11(14-5-8)15-6-10(17)13-4-7-1-2-7/h3,5,7H,1-2,4,6H2,(H,13,17)(H,14,15). The third-order valence-electron chi connectivity index (χ3n) is 2.73. The van der Waals surface area contributed by atoms with Crippen LogP contribution in [0.4, 0.5) is 11.5 Å². The number of anilines is 1. The summed E-state index contributed by atoms with van der Waals surface area (Å²) < 4.78 is 0.517. The van der Waals surface area contributed by atoms with E-state index in [0.717, 1.165) is 12.8 Å². The van der Waals surface area contributed by atoms with Crippen molar-refractivity contribution < 1.29 is 9.72 Å². The van der Waals surface area contributed by atoms with Crippen LogP contribution in [0.5, 0.6) is 0 Å². The van der Waals surface area contributed by atoms with Gasteiger partial charge in [-0.1, -0.05) is 0 Å². The largest absolute Gasteiger partial charge is 0.355 e. The molecule has 0 unspecified atom stereocenters. The fraction of sp³-hybridized carbons (Fsp3) is 0.455. The minimum atomic E-state index is -0.539. The predicted octanol–water partition coefficient (Wildman–Crippen LogP) is 1.69. The normalized spacial score (nSPS) is 13.9. The molecule has 1 fully saturated rings. The van der Waals surface area contributed by atoms with Gasteiger partial charge < -0.3 is 10.6 Å². The second kappa shape index (κ2) is 5.96. The van der Waals surface area contributed by atoms with Crippen LogP contribution in [0.3, 0.4) is 0 Å². The van der Waals surface area contributed by atoms with Crippen molar-refractivity contribution in [2.75, 3.05) is 18.4 Å². The molecule has 1 saturated carbocycles. The number of pyridine rings is 1. The molecule has 1 aromatic rings. The van der Waals surface area contributed by atoms with Gasteiger partial charge in [-0.15, -0.1) is 0 Å². The van der Waals surface area contributed by atoms with Gasteiger partial charge in [-0.25, -0.2) is 4.98 Å². The SMILES string of the molecule is O=C(CNc1ncc(Br)cc1[N+](=O)[O-])NCC1CC1. The Morgan fingerprint density at radius 3 is 2.95 bits per heavy atom. The van der Waals surface area contributed by atoms with E-state index in [9.17, 15) is 14.9 Å². The number of nitrogens with zero attached hydrogens (tertiary/aromatic N) is 2. The van der Waals surface area contributed by atoms with Gasteiger partial charge in [0.25, 0.3) is 0 Å². The van der Waals surface area contributed by atoms with E-state index in [2.05, 4.69) is 31.5 Å². The molecule has 1 aliphatic rings. The van der Waals surface area contributed by atoms with Gasteiger partial charge >= 0.3 is 5.69 Å². The number of nitro groups is 1. The fourth-order valence-corrected chi connectivity index (χ4v) is 1.83. The Kier molecular flexibility index (Phi) is 4.31. The zero-order valence-corrected chi connectivity index (χ0v) is 11.6. The maximum Gasteiger partial charge on any atom is 0.312 e. The van der Waals surface area contributed by atoms with E-state index in [1.54, 1.807) is 0 Å². The second-order valence-corrected chi connectivity index (χ2v) is 5.30. The van der Waals surface area contributed by atoms with Crippen molar-refractivity contribution in [2.24, 2.45) is 5.92 Å². The van der Waals surface area contributed by atoms with Gasteiger partial charge in [-0.2, -0.15) is 0 Å². The highest BCUT2D eigenvalue weighted by Crippen LogP contribution is 2.27. The smallest absolute Gasteiger partial charge is 0.312 e. The third kappa shape index (κ3) is 4.16. The summed E-state index contributed by atoms with van der Waals surface area (Å²) >= 11 is 3.12. The summed E-state index contributed by atoms with van der Waals surface area (Å²) in [5.41, 5.74) is -0.163. The zero-order chi connectivity index (χ0) is 13.8. The number of rotatable bonds is 6. The topological polar surface area (TPSA) is 97.2 Å². The monoisotopic (exact) mass is 328 g/mol. The van der Waals surface area contributed by atoms with Gasteiger partial charge in [0.05, 0.1) is 11.5 Å². The average Bonchev–Trinajstić information content (AvgIpc) is 3.18. The van der Waals surface area contributed by atoms with Gasteiger partial charge in [0.2, 0.25) is 11.7 Å². The molecule has 0 radical (unpaired) electrons. The van der Waals surface area contributed by atoms with Crippen molar-refractivity contribution >= 4 is 33.3 Å². The van der Waals surface area contributed by atoms with Crippen LogP contribution in [0.2, 0.25) is 0 Å². The minimum absolute atomic E-state index is 0.0256. The maximum atomic E-state index is 11.5. The van der Waals surface area contributed by atoms with E-state index in [1.807, 2.05) is 0 Å². The number of carbonyl (C=O) groups is 1. The van der Waals surface area contributed by atoms with Crippen LogP contribution in [-0.4, -0.2) is 28.9 Å². The quantitative estimate of drug-likeness (QED) is 0.611. The molecule has 1 heterocycles. The number of amides is 1. The summed E-state index contributed by atoms with van der Waals surface area (Å²) in [6.07, 6.45) is 3.76. The minimum Gasteiger partial charge on any atom is -0.355 e. The summed E-state index contributed by atoms with van der Waals surface area (Å²) in [4.78, 5) is 25.7. The molecule has 0 aromatic carbocycles. The lowest BCUT2D eigenvalue weighted by atomic mass is 10.4. The number of carbonyl (C=O) groups excluding carboxylic acids is 1. The lowest BCUT2D eigenvalue weighted by molar-refractivity contribution is -0.384. The molecular formula is C11H13BrN4O3. The van der Waals surface area contributed by atoms with Crippen LogP contribution in [0, 0.1) is 16.0 Å². The summed E-state index contributed by atoms with van der Waals surface area (Å²) in [6.45, 7) is 0.651. The van der Waals surface area contributed by atoms with Gasteiger partial charge in [0.15, 0.2) is 0 Å². The van der Waals surface area contributed by atoms with Crippen molar-refractivity contribution in [1.29, 1.82) is 0 Å². The number of nitrogens with one attached hydrogen (secondary N) is 2. The van der Waals surface area contributed by atoms with Crippen LogP contribution < -0.4 is 10.6 Å². The van der Waals surface area contributed by atoms with Gasteiger partial charge in [0.1, 0.15) is 0 Å². The molecule has 0 aliphatic heterocycles. The Morgan fingerprint density at radius 1 is 1.58 bits per heavy atom. The number of aromatic nitrogens is 1. The predicted molar refractivity (Wildman–Crippen MR) is 72.8 cm³/mol. The summed E-state index contributed by atoms with van der Waals surface area (Å²) in [7, 11) is 0. The number of hydrogen-bond acceptors (Lipinski definition) is 5. The Balaban J connectivity index is 1.90. The van der Waals surface area contributed by atoms with E-state index >= 15 is 0 Å². The summed E-state index contributed by atoms with van der Waals surface area (Å²) in [6, 6.07) is 1.34. The van der Waals surface area contributed by atoms with E-state index in [4.69, 9.17) is 0 Å². The molecule has 7 nitrogen and oxygen atoms in total. The Morgan fingerprint density at radius 2 is 2.32 bits per heavy atom. The second-order valence-electron chi connectivity index (χ2n) is 4.38. The van der Waals surface area contributed by atoms with E-state index in [1.165, 1.54) is 12.3 Å². The van der Waals surface area contributed by atoms with E-state index in [-0.39, 0.29) is 24.0 Å². The molecular weight excluding hydrogens is 316 g/mol. The van der Waals surface area contributed by atoms with E-state index < -0.39 is 4.92 Å². The summed E-state index contributed by atoms with van der Waals surface area (Å²) in [5, 5.41) is 16.3. The molecule has 1 amide bonds. The molecule has 1 aromatic heterocycles. The number of halogens is 1. The highest BCUT2D eigenvalue weighted by Gasteiger charge is 2.22. The molecule has 102 valence electrons. The van der Waals surface area contributed by atoms with Crippen LogP contribution in [0.1, 0.15) is 12.8 Å². The first-order chi connectivity index (χ1) is 9.06. The van der Waals surface area contributed by atoms with E-state index in [0.29, 0.717) is 16.9 Å². The zero-order valence-electron chi connectivity index (χ0n) is 10.1. The fourth-order valence-electron chi connectivity index (χ4n) is 1.51. The molecule has 2 rings (SSSR count). The Bertz CT molecular complexity index is 505. The lowest BCUT2D eigenvalue weighted by Crippen LogP contribution is -2.31. The van der Waals surface area contributed by atoms with Crippen molar-refractivity contribution in [3.8, 4) is 0 Å². The van der Waals surface area contributed by atoms with Crippen molar-refractivity contribution in [1.82, 2.24) is 10.3 Å². The first-order valence-corrected chi connectivity index (χ1v) is 6.66. The lowest BCUT2D eigenvalue weighted by Gasteiger charge is -2.07. The van der Waals surface area contributed by atoms with Gasteiger partial charge in [-0.05, 0) is 34.7 Å². The van der Waals surface area contributed by atoms with Crippen molar-refractivity contribution in [3.05, 3.63) is 26.9 Å². The molecule has 2 N–H and O–H groups in total. The average molecular weight is 329 g/mol. The maximum absolute atomic E-state index is 11.5. The van der Waals surface area contributed by atoms with Gasteiger partial charge in [0, 0.05) is 23.3 Å². The van der Waals surface area contributed by atoms with Crippen molar-refractivity contribution in [3.63, 3.8) is 0 Å². The first-order valence-electron chi connectivity index (χ1n) is 5.87. The third-order valence-corrected chi connectivity index (χ3v) is 3.17. The Hall–Kier alpha value is -1.70. The van der Waals surface area contributed by atoms with Crippen molar-refractivity contribution in [2.45, 2.75) is 12.8 Å². The molecule has 19 heavy (non-hydrogen) atoms. The van der Waals surface area contributed by atoms with Crippen LogP contribution in [0.15, 0.2) is 16.7 Å². The molecule has 0 spiro atoms. The van der Waals surface area contributed by atoms with Crippen LogP contribution in [-0.2, 0) is 4.79 Å². The molecule has 0 atom stereocenters.